The molecule has 0 spiro atoms. The van der Waals surface area contributed by atoms with Crippen molar-refractivity contribution in [2.75, 3.05) is 47.8 Å². The number of nitrogens with zero attached hydrogens (tertiary/aromatic N) is 6. The van der Waals surface area contributed by atoms with Gasteiger partial charge in [-0.1, -0.05) is 32.0 Å². The summed E-state index contributed by atoms with van der Waals surface area (Å²) in [4.78, 5) is 35.1. The monoisotopic (exact) mass is 706 g/mol. The molecule has 0 unspecified atom stereocenters. The van der Waals surface area contributed by atoms with E-state index in [1.54, 1.807) is 31.5 Å². The molecule has 1 saturated heterocycles. The summed E-state index contributed by atoms with van der Waals surface area (Å²) in [5, 5.41) is 4.18. The van der Waals surface area contributed by atoms with E-state index in [1.165, 1.54) is 17.4 Å². The Morgan fingerprint density at radius 2 is 1.86 bits per heavy atom. The van der Waals surface area contributed by atoms with Gasteiger partial charge < -0.3 is 19.8 Å². The maximum atomic E-state index is 13.2. The Morgan fingerprint density at radius 3 is 2.53 bits per heavy atom. The molecule has 5 rings (SSSR count). The van der Waals surface area contributed by atoms with Crippen LogP contribution in [0.5, 0.6) is 0 Å². The Bertz CT molecular complexity index is 1810. The molecular weight excluding hydrogens is 670 g/mol. The molecule has 0 radical (unpaired) electrons. The third kappa shape index (κ3) is 9.48. The van der Waals surface area contributed by atoms with Crippen molar-refractivity contribution >= 4 is 65.0 Å². The number of pyridine rings is 1. The number of allylic oxidation sites excluding steroid dienone is 1. The topological polar surface area (TPSA) is 98.1 Å². The molecule has 14 heteroatoms. The van der Waals surface area contributed by atoms with E-state index in [0.29, 0.717) is 36.0 Å². The summed E-state index contributed by atoms with van der Waals surface area (Å²) in [6, 6.07) is 16.7. The lowest BCUT2D eigenvalue weighted by molar-refractivity contribution is -0.137. The van der Waals surface area contributed by atoms with Crippen LogP contribution in [-0.4, -0.2) is 66.6 Å². The van der Waals surface area contributed by atoms with Crippen molar-refractivity contribution in [2.24, 2.45) is 9.98 Å². The molecule has 1 aliphatic heterocycles. The summed E-state index contributed by atoms with van der Waals surface area (Å²) in [5.41, 5.74) is 3.04. The second-order valence-electron chi connectivity index (χ2n) is 11.5. The van der Waals surface area contributed by atoms with Crippen molar-refractivity contribution in [1.82, 2.24) is 14.9 Å². The molecule has 1 fully saturated rings. The van der Waals surface area contributed by atoms with Crippen LogP contribution >= 0.6 is 23.3 Å². The zero-order chi connectivity index (χ0) is 35.0. The van der Waals surface area contributed by atoms with E-state index >= 15 is 0 Å². The first-order chi connectivity index (χ1) is 23.5. The van der Waals surface area contributed by atoms with Gasteiger partial charge >= 0.3 is 6.18 Å². The quantitative estimate of drug-likeness (QED) is 0.113. The number of benzene rings is 2. The van der Waals surface area contributed by atoms with Gasteiger partial charge in [-0.25, -0.2) is 9.97 Å². The van der Waals surface area contributed by atoms with E-state index in [9.17, 15) is 18.0 Å². The Hall–Kier alpha value is -4.69. The van der Waals surface area contributed by atoms with Crippen molar-refractivity contribution in [3.8, 4) is 11.3 Å². The second kappa shape index (κ2) is 16.1. The van der Waals surface area contributed by atoms with E-state index in [2.05, 4.69) is 50.5 Å². The molecule has 1 aliphatic rings. The Labute approximate surface area is 292 Å². The maximum absolute atomic E-state index is 13.2. The van der Waals surface area contributed by atoms with Crippen LogP contribution in [-0.2, 0) is 11.0 Å². The van der Waals surface area contributed by atoms with Crippen LogP contribution in [0.3, 0.4) is 0 Å². The molecule has 2 N–H and O–H groups in total. The zero-order valence-electron chi connectivity index (χ0n) is 27.4. The summed E-state index contributed by atoms with van der Waals surface area (Å²) >= 11 is 2.64. The number of piperazine rings is 1. The van der Waals surface area contributed by atoms with E-state index in [1.807, 2.05) is 41.3 Å². The van der Waals surface area contributed by atoms with Gasteiger partial charge in [0.1, 0.15) is 12.5 Å². The van der Waals surface area contributed by atoms with E-state index < -0.39 is 11.7 Å². The lowest BCUT2D eigenvalue weighted by atomic mass is 10.1. The number of carbonyl (C=O) groups excluding carboxylic acids is 1. The summed E-state index contributed by atoms with van der Waals surface area (Å²) < 4.78 is 42.7. The minimum Gasteiger partial charge on any atom is -0.365 e. The normalized spacial score (nSPS) is 14.1. The van der Waals surface area contributed by atoms with Gasteiger partial charge in [-0.3, -0.25) is 14.8 Å². The predicted octanol–water partition coefficient (Wildman–Crippen LogP) is 8.32. The summed E-state index contributed by atoms with van der Waals surface area (Å²) in [6.45, 7) is 12.7. The molecule has 1 amide bonds. The minimum atomic E-state index is -4.41. The van der Waals surface area contributed by atoms with Crippen molar-refractivity contribution in [2.45, 2.75) is 37.8 Å². The molecular formula is C35H37F3N8OS2. The highest BCUT2D eigenvalue weighted by Crippen LogP contribution is 2.38. The summed E-state index contributed by atoms with van der Waals surface area (Å²) in [7, 11) is 0. The number of carbonyl (C=O) groups is 1. The Kier molecular flexibility index (Phi) is 11.7. The molecule has 0 atom stereocenters. The highest BCUT2D eigenvalue weighted by molar-refractivity contribution is 8.00. The average molecular weight is 707 g/mol. The number of aromatic nitrogens is 2. The molecule has 256 valence electrons. The smallest absolute Gasteiger partial charge is 0.365 e. The largest absolute Gasteiger partial charge is 0.416 e. The number of anilines is 3. The highest BCUT2D eigenvalue weighted by atomic mass is 32.2. The predicted molar refractivity (Wildman–Crippen MR) is 196 cm³/mol. The number of alkyl halides is 3. The second-order valence-corrected chi connectivity index (χ2v) is 13.4. The van der Waals surface area contributed by atoms with Crippen molar-refractivity contribution in [3.63, 3.8) is 0 Å². The first-order valence-electron chi connectivity index (χ1n) is 15.6. The van der Waals surface area contributed by atoms with Crippen LogP contribution in [0.2, 0.25) is 0 Å². The lowest BCUT2D eigenvalue weighted by Gasteiger charge is -2.34. The third-order valence-corrected chi connectivity index (χ3v) is 9.84. The summed E-state index contributed by atoms with van der Waals surface area (Å²) in [6.07, 6.45) is 0.836. The van der Waals surface area contributed by atoms with Gasteiger partial charge in [0.05, 0.1) is 38.7 Å². The molecule has 2 aromatic carbocycles. The average Bonchev–Trinajstić information content (AvgIpc) is 3.55. The Morgan fingerprint density at radius 1 is 1.08 bits per heavy atom. The number of hydrogen-bond acceptors (Lipinski definition) is 10. The van der Waals surface area contributed by atoms with Gasteiger partial charge in [0.15, 0.2) is 0 Å². The zero-order valence-corrected chi connectivity index (χ0v) is 29.0. The molecule has 2 aromatic heterocycles. The summed E-state index contributed by atoms with van der Waals surface area (Å²) in [5.74, 6) is 1.16. The van der Waals surface area contributed by atoms with Crippen LogP contribution in [0.4, 0.5) is 30.4 Å². The van der Waals surface area contributed by atoms with Gasteiger partial charge in [-0.15, -0.1) is 11.3 Å². The van der Waals surface area contributed by atoms with Gasteiger partial charge in [0, 0.05) is 61.4 Å². The number of halogens is 3. The van der Waals surface area contributed by atoms with Crippen molar-refractivity contribution < 1.29 is 18.0 Å². The molecule has 4 aromatic rings. The SMILES string of the molecule is C=N/C(=C\C=N/CNc1ccc(N2CCN(C(C)=O)CC2)nc1)c1sc(C(C)C)nc1-c1cccc(NSc2cccc(C(F)(F)F)c2)c1. The number of rotatable bonds is 12. The third-order valence-electron chi connectivity index (χ3n) is 7.63. The van der Waals surface area contributed by atoms with Gasteiger partial charge in [0.2, 0.25) is 5.91 Å². The fraction of sp³-hybridized carbons (Fsp3) is 0.286. The van der Waals surface area contributed by atoms with E-state index in [0.717, 1.165) is 69.8 Å². The molecule has 49 heavy (non-hydrogen) atoms. The van der Waals surface area contributed by atoms with E-state index in [-0.39, 0.29) is 11.8 Å². The molecule has 0 bridgehead atoms. The lowest BCUT2D eigenvalue weighted by Crippen LogP contribution is -2.48. The fourth-order valence-electron chi connectivity index (χ4n) is 4.98. The number of thiazole rings is 1. The highest BCUT2D eigenvalue weighted by Gasteiger charge is 2.30. The molecule has 9 nitrogen and oxygen atoms in total. The standard InChI is InChI=1S/C35H37F3N8OS2/c1-23(2)34-43-32(25-7-5-9-27(19-25)44-49-29-10-6-8-26(20-29)35(36,37)38)33(48-34)30(39-4)13-14-40-22-42-28-11-12-31(41-21-28)46-17-15-45(16-18-46)24(3)47/h5-14,19-21,23,42,44H,4,15-18,22H2,1-3H3/b30-13-,40-14-. The van der Waals surface area contributed by atoms with Crippen LogP contribution in [0.1, 0.15) is 42.1 Å². The molecule has 0 saturated carbocycles. The number of nitrogens with one attached hydrogen (secondary N) is 2. The maximum Gasteiger partial charge on any atom is 0.416 e. The minimum absolute atomic E-state index is 0.0983. The van der Waals surface area contributed by atoms with Crippen molar-refractivity contribution in [3.05, 3.63) is 88.4 Å². The van der Waals surface area contributed by atoms with Crippen LogP contribution in [0.25, 0.3) is 17.0 Å². The van der Waals surface area contributed by atoms with Gasteiger partial charge in [0.25, 0.3) is 0 Å². The van der Waals surface area contributed by atoms with Gasteiger partial charge in [-0.2, -0.15) is 13.2 Å². The number of hydrogen-bond donors (Lipinski definition) is 2. The molecule has 0 aliphatic carbocycles. The Balaban J connectivity index is 1.24. The van der Waals surface area contributed by atoms with Crippen molar-refractivity contribution in [1.29, 1.82) is 0 Å². The van der Waals surface area contributed by atoms with E-state index in [4.69, 9.17) is 4.98 Å². The fourth-order valence-corrected chi connectivity index (χ4v) is 6.75. The number of amides is 1. The van der Waals surface area contributed by atoms with Gasteiger partial charge in [-0.05, 0) is 67.2 Å². The van der Waals surface area contributed by atoms with Crippen LogP contribution < -0.4 is 14.9 Å². The molecule has 3 heterocycles. The van der Waals surface area contributed by atoms with Crippen LogP contribution in [0.15, 0.2) is 87.8 Å². The number of aliphatic imine (C=N–C) groups is 2. The first kappa shape index (κ1) is 35.6. The van der Waals surface area contributed by atoms with Crippen LogP contribution in [0, 0.1) is 0 Å². The first-order valence-corrected chi connectivity index (χ1v) is 17.2.